The normalized spacial score (nSPS) is 21.1. The molecule has 11 heteroatoms. The van der Waals surface area contributed by atoms with Gasteiger partial charge in [0.2, 0.25) is 0 Å². The molecule has 38 heavy (non-hydrogen) atoms. The van der Waals surface area contributed by atoms with Crippen LogP contribution >= 0.6 is 12.4 Å². The highest BCUT2D eigenvalue weighted by Gasteiger charge is 2.57. The average Bonchev–Trinajstić information content (AvgIpc) is 3.37. The molecule has 2 heterocycles. The number of nitrogens with zero attached hydrogens (tertiary/aromatic N) is 3. The molecule has 0 spiro atoms. The number of hydrogen-bond donors (Lipinski definition) is 2. The molecule has 3 unspecified atom stereocenters. The van der Waals surface area contributed by atoms with E-state index in [1.807, 2.05) is 42.3 Å². The zero-order valence-corrected chi connectivity index (χ0v) is 22.2. The fourth-order valence-corrected chi connectivity index (χ4v) is 5.26. The largest absolute Gasteiger partial charge is 0.481 e. The molecule has 3 atom stereocenters. The van der Waals surface area contributed by atoms with Gasteiger partial charge in [0.15, 0.2) is 6.29 Å². The standard InChI is InChI=1S/C27H30N4O6.ClH/c1-4-36-25(33)22-21(16-32)28-17(2)27(26(34)35,13-14-31(3)15-18-9-6-5-7-10-18)23(22)19-11-8-12-20-24(19)30-37-29-20;/h5-12,16-17,23,28H,4,13-15H2,1-3H3,(H,34,35);1H. The van der Waals surface area contributed by atoms with Gasteiger partial charge in [0, 0.05) is 18.5 Å². The van der Waals surface area contributed by atoms with Crippen LogP contribution in [0.2, 0.25) is 0 Å². The first-order valence-electron chi connectivity index (χ1n) is 12.1. The molecule has 0 saturated carbocycles. The number of hydrogen-bond acceptors (Lipinski definition) is 9. The van der Waals surface area contributed by atoms with E-state index >= 15 is 0 Å². The molecular weight excluding hydrogens is 512 g/mol. The van der Waals surface area contributed by atoms with Gasteiger partial charge in [-0.3, -0.25) is 9.59 Å². The van der Waals surface area contributed by atoms with Crippen molar-refractivity contribution in [3.8, 4) is 0 Å². The molecule has 0 amide bonds. The van der Waals surface area contributed by atoms with E-state index in [2.05, 4.69) is 15.6 Å². The van der Waals surface area contributed by atoms with Crippen LogP contribution in [-0.4, -0.2) is 64.8 Å². The molecule has 0 saturated heterocycles. The first kappa shape index (κ1) is 28.8. The summed E-state index contributed by atoms with van der Waals surface area (Å²) >= 11 is 0. The minimum absolute atomic E-state index is 0. The van der Waals surface area contributed by atoms with Crippen LogP contribution in [0.3, 0.4) is 0 Å². The third-order valence-corrected chi connectivity index (χ3v) is 7.08. The number of esters is 1. The highest BCUT2D eigenvalue weighted by Crippen LogP contribution is 2.51. The first-order chi connectivity index (χ1) is 17.8. The van der Waals surface area contributed by atoms with Crippen molar-refractivity contribution in [2.24, 2.45) is 5.41 Å². The Morgan fingerprint density at radius 1 is 1.18 bits per heavy atom. The van der Waals surface area contributed by atoms with E-state index in [1.165, 1.54) is 0 Å². The van der Waals surface area contributed by atoms with Crippen molar-refractivity contribution in [1.29, 1.82) is 0 Å². The smallest absolute Gasteiger partial charge is 0.336 e. The number of aldehydes is 1. The Morgan fingerprint density at radius 3 is 2.58 bits per heavy atom. The number of carbonyl (C=O) groups excluding carboxylic acids is 2. The summed E-state index contributed by atoms with van der Waals surface area (Å²) in [4.78, 5) is 40.7. The molecule has 2 N–H and O–H groups in total. The quantitative estimate of drug-likeness (QED) is 0.290. The number of fused-ring (bicyclic) bond motifs is 1. The Bertz CT molecular complexity index is 1330. The number of ether oxygens (including phenoxy) is 1. The number of rotatable bonds is 10. The van der Waals surface area contributed by atoms with E-state index in [1.54, 1.807) is 32.0 Å². The lowest BCUT2D eigenvalue weighted by molar-refractivity contribution is -0.154. The lowest BCUT2D eigenvalue weighted by atomic mass is 9.60. The molecular formula is C27H31ClN4O6. The number of carbonyl (C=O) groups is 3. The van der Waals surface area contributed by atoms with E-state index in [-0.39, 0.29) is 36.7 Å². The predicted octanol–water partition coefficient (Wildman–Crippen LogP) is 3.33. The average molecular weight is 543 g/mol. The van der Waals surface area contributed by atoms with E-state index in [0.29, 0.717) is 36.0 Å². The number of carboxylic acids is 1. The number of benzene rings is 2. The summed E-state index contributed by atoms with van der Waals surface area (Å²) in [5.74, 6) is -2.92. The van der Waals surface area contributed by atoms with Gasteiger partial charge < -0.3 is 20.1 Å². The van der Waals surface area contributed by atoms with Gasteiger partial charge in [0.25, 0.3) is 0 Å². The number of aliphatic carboxylic acids is 1. The highest BCUT2D eigenvalue weighted by molar-refractivity contribution is 6.00. The minimum Gasteiger partial charge on any atom is -0.481 e. The van der Waals surface area contributed by atoms with Gasteiger partial charge in [0.1, 0.15) is 16.4 Å². The third-order valence-electron chi connectivity index (χ3n) is 7.08. The number of nitrogens with one attached hydrogen (secondary N) is 1. The number of aromatic nitrogens is 2. The summed E-state index contributed by atoms with van der Waals surface area (Å²) in [5, 5.41) is 21.7. The van der Waals surface area contributed by atoms with Gasteiger partial charge in [-0.15, -0.1) is 12.4 Å². The van der Waals surface area contributed by atoms with Gasteiger partial charge in [-0.25, -0.2) is 9.42 Å². The fraction of sp³-hybridized carbons (Fsp3) is 0.370. The molecule has 202 valence electrons. The van der Waals surface area contributed by atoms with Crippen molar-refractivity contribution in [3.05, 3.63) is 70.9 Å². The predicted molar refractivity (Wildman–Crippen MR) is 142 cm³/mol. The second-order valence-corrected chi connectivity index (χ2v) is 9.26. The van der Waals surface area contributed by atoms with Gasteiger partial charge in [-0.2, -0.15) is 0 Å². The van der Waals surface area contributed by atoms with Crippen LogP contribution in [0, 0.1) is 5.41 Å². The van der Waals surface area contributed by atoms with Crippen molar-refractivity contribution in [3.63, 3.8) is 0 Å². The lowest BCUT2D eigenvalue weighted by Crippen LogP contribution is -2.58. The molecule has 10 nitrogen and oxygen atoms in total. The van der Waals surface area contributed by atoms with Crippen molar-refractivity contribution >= 4 is 41.7 Å². The maximum Gasteiger partial charge on any atom is 0.336 e. The maximum atomic E-state index is 13.3. The van der Waals surface area contributed by atoms with Gasteiger partial charge in [-0.05, 0) is 61.4 Å². The van der Waals surface area contributed by atoms with E-state index in [9.17, 15) is 19.5 Å². The monoisotopic (exact) mass is 542 g/mol. The molecule has 2 aromatic carbocycles. The first-order valence-corrected chi connectivity index (χ1v) is 12.1. The third kappa shape index (κ3) is 5.27. The van der Waals surface area contributed by atoms with Crippen molar-refractivity contribution in [2.75, 3.05) is 20.2 Å². The topological polar surface area (TPSA) is 135 Å². The van der Waals surface area contributed by atoms with Crippen molar-refractivity contribution in [1.82, 2.24) is 20.5 Å². The molecule has 1 aliphatic rings. The Morgan fingerprint density at radius 2 is 1.92 bits per heavy atom. The molecule has 0 fully saturated rings. The van der Waals surface area contributed by atoms with Crippen LogP contribution in [0.1, 0.15) is 37.3 Å². The van der Waals surface area contributed by atoms with Gasteiger partial charge in [0.05, 0.1) is 17.9 Å². The van der Waals surface area contributed by atoms with Crippen LogP contribution in [0.4, 0.5) is 0 Å². The summed E-state index contributed by atoms with van der Waals surface area (Å²) in [6, 6.07) is 14.2. The zero-order valence-electron chi connectivity index (χ0n) is 21.4. The summed E-state index contributed by atoms with van der Waals surface area (Å²) in [6.45, 7) is 4.45. The minimum atomic E-state index is -1.53. The molecule has 4 rings (SSSR count). The summed E-state index contributed by atoms with van der Waals surface area (Å²) in [7, 11) is 1.92. The number of allylic oxidation sites excluding steroid dienone is 1. The highest BCUT2D eigenvalue weighted by atomic mass is 35.5. The summed E-state index contributed by atoms with van der Waals surface area (Å²) < 4.78 is 10.3. The van der Waals surface area contributed by atoms with E-state index < -0.39 is 29.3 Å². The molecule has 0 bridgehead atoms. The molecule has 1 aromatic heterocycles. The SMILES string of the molecule is CCOC(=O)C1=C(C=O)NC(C)C(CCN(C)Cc2ccccc2)(C(=O)O)C1c1cccc2nonc12.Cl. The number of carboxylic acid groups (broad SMARTS) is 1. The van der Waals surface area contributed by atoms with Crippen LogP contribution < -0.4 is 5.32 Å². The van der Waals surface area contributed by atoms with Crippen LogP contribution in [0.5, 0.6) is 0 Å². The maximum absolute atomic E-state index is 13.3. The molecule has 1 aliphatic heterocycles. The summed E-state index contributed by atoms with van der Waals surface area (Å²) in [6.07, 6.45) is 0.700. The van der Waals surface area contributed by atoms with Crippen LogP contribution in [-0.2, 0) is 25.7 Å². The lowest BCUT2D eigenvalue weighted by Gasteiger charge is -2.47. The van der Waals surface area contributed by atoms with Crippen molar-refractivity contribution in [2.45, 2.75) is 38.8 Å². The fourth-order valence-electron chi connectivity index (χ4n) is 5.26. The Kier molecular flexibility index (Phi) is 9.24. The van der Waals surface area contributed by atoms with Crippen LogP contribution in [0.25, 0.3) is 11.0 Å². The van der Waals surface area contributed by atoms with E-state index in [4.69, 9.17) is 9.37 Å². The Balaban J connectivity index is 0.00000400. The molecule has 0 radical (unpaired) electrons. The summed E-state index contributed by atoms with van der Waals surface area (Å²) in [5.41, 5.74) is 0.693. The molecule has 3 aromatic rings. The Labute approximate surface area is 226 Å². The number of halogens is 1. The zero-order chi connectivity index (χ0) is 26.6. The van der Waals surface area contributed by atoms with E-state index in [0.717, 1.165) is 5.56 Å². The van der Waals surface area contributed by atoms with Gasteiger partial charge >= 0.3 is 11.9 Å². The molecule has 0 aliphatic carbocycles. The van der Waals surface area contributed by atoms with Gasteiger partial charge in [-0.1, -0.05) is 42.5 Å². The second kappa shape index (κ2) is 12.2. The second-order valence-electron chi connectivity index (χ2n) is 9.26. The van der Waals surface area contributed by atoms with Crippen molar-refractivity contribution < 1.29 is 28.9 Å². The van der Waals surface area contributed by atoms with Crippen LogP contribution in [0.15, 0.2) is 64.4 Å². The Hall–Kier alpha value is -3.76.